The van der Waals surface area contributed by atoms with Gasteiger partial charge in [0.15, 0.2) is 5.96 Å². The Kier molecular flexibility index (Phi) is 7.82. The zero-order valence-corrected chi connectivity index (χ0v) is 15.7. The van der Waals surface area contributed by atoms with Crippen LogP contribution in [0.4, 0.5) is 0 Å². The summed E-state index contributed by atoms with van der Waals surface area (Å²) in [6.45, 7) is 12.5. The van der Waals surface area contributed by atoms with E-state index in [2.05, 4.69) is 22.5 Å². The third-order valence-electron chi connectivity index (χ3n) is 4.98. The number of nitrogens with one attached hydrogen (secondary N) is 2. The molecule has 1 saturated carbocycles. The van der Waals surface area contributed by atoms with Crippen LogP contribution in [-0.4, -0.2) is 73.5 Å². The summed E-state index contributed by atoms with van der Waals surface area (Å²) in [5, 5.41) is 6.59. The van der Waals surface area contributed by atoms with Crippen molar-refractivity contribution in [1.29, 1.82) is 0 Å². The van der Waals surface area contributed by atoms with Crippen LogP contribution >= 0.6 is 0 Å². The van der Waals surface area contributed by atoms with E-state index in [1.165, 1.54) is 32.4 Å². The smallest absolute Gasteiger partial charge is 0.224 e. The maximum atomic E-state index is 12.0. The highest BCUT2D eigenvalue weighted by Crippen LogP contribution is 2.31. The first-order valence-corrected chi connectivity index (χ1v) is 9.71. The minimum Gasteiger partial charge on any atom is -0.357 e. The van der Waals surface area contributed by atoms with Crippen molar-refractivity contribution in [3.05, 3.63) is 0 Å². The highest BCUT2D eigenvalue weighted by atomic mass is 16.2. The Hall–Kier alpha value is -1.30. The topological polar surface area (TPSA) is 60.0 Å². The molecule has 0 aromatic carbocycles. The molecule has 24 heavy (non-hydrogen) atoms. The molecule has 6 nitrogen and oxygen atoms in total. The Labute approximate surface area is 147 Å². The van der Waals surface area contributed by atoms with Crippen molar-refractivity contribution in [1.82, 2.24) is 20.4 Å². The maximum absolute atomic E-state index is 12.0. The molecule has 0 aromatic heterocycles. The summed E-state index contributed by atoms with van der Waals surface area (Å²) in [7, 11) is 0. The molecule has 2 rings (SSSR count). The number of guanidine groups is 1. The van der Waals surface area contributed by atoms with Crippen molar-refractivity contribution < 1.29 is 4.79 Å². The van der Waals surface area contributed by atoms with Crippen molar-refractivity contribution in [2.45, 2.75) is 52.5 Å². The number of carbonyl (C=O) groups is 1. The van der Waals surface area contributed by atoms with E-state index in [9.17, 15) is 4.79 Å². The molecule has 2 fully saturated rings. The number of carbonyl (C=O) groups excluding carboxylic acids is 1. The molecule has 1 aliphatic heterocycles. The minimum absolute atomic E-state index is 0.208. The van der Waals surface area contributed by atoms with Gasteiger partial charge in [0.05, 0.1) is 0 Å². The summed E-state index contributed by atoms with van der Waals surface area (Å²) in [6.07, 6.45) is 4.56. The molecule has 1 unspecified atom stereocenters. The van der Waals surface area contributed by atoms with Gasteiger partial charge in [-0.1, -0.05) is 0 Å². The zero-order chi connectivity index (χ0) is 17.4. The molecule has 2 aliphatic rings. The summed E-state index contributed by atoms with van der Waals surface area (Å²) in [4.78, 5) is 21.3. The van der Waals surface area contributed by atoms with Crippen LogP contribution in [0.25, 0.3) is 0 Å². The first kappa shape index (κ1) is 19.0. The summed E-state index contributed by atoms with van der Waals surface area (Å²) in [5.74, 6) is 1.73. The van der Waals surface area contributed by atoms with Gasteiger partial charge in [0, 0.05) is 51.7 Å². The third-order valence-corrected chi connectivity index (χ3v) is 4.98. The lowest BCUT2D eigenvalue weighted by Crippen LogP contribution is -2.40. The predicted octanol–water partition coefficient (Wildman–Crippen LogP) is 1.28. The van der Waals surface area contributed by atoms with E-state index >= 15 is 0 Å². The fourth-order valence-electron chi connectivity index (χ4n) is 3.37. The van der Waals surface area contributed by atoms with Crippen molar-refractivity contribution in [3.63, 3.8) is 0 Å². The van der Waals surface area contributed by atoms with E-state index in [-0.39, 0.29) is 5.91 Å². The van der Waals surface area contributed by atoms with Gasteiger partial charge in [0.1, 0.15) is 0 Å². The average molecular weight is 338 g/mol. The summed E-state index contributed by atoms with van der Waals surface area (Å²) in [6, 6.07) is 0.872. The third kappa shape index (κ3) is 5.96. The SMILES string of the molecule is CCNC(=NCC1CCN(C2CC2)C1)NCCC(=O)N(CC)CC. The van der Waals surface area contributed by atoms with Crippen LogP contribution in [0.5, 0.6) is 0 Å². The fourth-order valence-corrected chi connectivity index (χ4v) is 3.37. The molecule has 138 valence electrons. The molecule has 0 aromatic rings. The van der Waals surface area contributed by atoms with Crippen LogP contribution in [0.1, 0.15) is 46.5 Å². The number of amides is 1. The number of likely N-dealkylation sites (tertiary alicyclic amines) is 1. The van der Waals surface area contributed by atoms with Gasteiger partial charge in [-0.2, -0.15) is 0 Å². The van der Waals surface area contributed by atoms with Crippen molar-refractivity contribution >= 4 is 11.9 Å². The van der Waals surface area contributed by atoms with Crippen LogP contribution in [-0.2, 0) is 4.79 Å². The standard InChI is InChI=1S/C18H35N5O/c1-4-19-18(20-11-9-17(24)22(5-2)6-3)21-13-15-10-12-23(14-15)16-7-8-16/h15-16H,4-14H2,1-3H3,(H2,19,20,21). The van der Waals surface area contributed by atoms with Gasteiger partial charge in [-0.05, 0) is 52.5 Å². The number of rotatable bonds is 9. The van der Waals surface area contributed by atoms with E-state index in [1.54, 1.807) is 0 Å². The summed E-state index contributed by atoms with van der Waals surface area (Å²) < 4.78 is 0. The molecule has 1 heterocycles. The Morgan fingerprint density at radius 1 is 1.17 bits per heavy atom. The van der Waals surface area contributed by atoms with Gasteiger partial charge in [-0.3, -0.25) is 9.79 Å². The Morgan fingerprint density at radius 2 is 1.92 bits per heavy atom. The molecule has 0 radical (unpaired) electrons. The molecule has 1 atom stereocenters. The number of hydrogen-bond donors (Lipinski definition) is 2. The largest absolute Gasteiger partial charge is 0.357 e. The van der Waals surface area contributed by atoms with Crippen molar-refractivity contribution in [2.75, 3.05) is 45.8 Å². The highest BCUT2D eigenvalue weighted by molar-refractivity contribution is 5.81. The first-order valence-electron chi connectivity index (χ1n) is 9.71. The lowest BCUT2D eigenvalue weighted by molar-refractivity contribution is -0.130. The van der Waals surface area contributed by atoms with Crippen molar-refractivity contribution in [2.24, 2.45) is 10.9 Å². The predicted molar refractivity (Wildman–Crippen MR) is 99.2 cm³/mol. The molecular formula is C18H35N5O. The second kappa shape index (κ2) is 9.87. The Balaban J connectivity index is 1.71. The average Bonchev–Trinajstić information content (AvgIpc) is 3.32. The number of aliphatic imine (C=N–C) groups is 1. The summed E-state index contributed by atoms with van der Waals surface area (Å²) >= 11 is 0. The van der Waals surface area contributed by atoms with Gasteiger partial charge < -0.3 is 20.4 Å². The number of hydrogen-bond acceptors (Lipinski definition) is 3. The van der Waals surface area contributed by atoms with Gasteiger partial charge >= 0.3 is 0 Å². The second-order valence-corrected chi connectivity index (χ2v) is 6.84. The number of nitrogens with zero attached hydrogens (tertiary/aromatic N) is 3. The zero-order valence-electron chi connectivity index (χ0n) is 15.7. The Morgan fingerprint density at radius 3 is 2.54 bits per heavy atom. The van der Waals surface area contributed by atoms with Gasteiger partial charge in [-0.25, -0.2) is 0 Å². The lowest BCUT2D eigenvalue weighted by atomic mass is 10.1. The first-order chi connectivity index (χ1) is 11.7. The fraction of sp³-hybridized carbons (Fsp3) is 0.889. The second-order valence-electron chi connectivity index (χ2n) is 6.84. The van der Waals surface area contributed by atoms with Crippen LogP contribution < -0.4 is 10.6 Å². The quantitative estimate of drug-likeness (QED) is 0.492. The molecule has 1 aliphatic carbocycles. The van der Waals surface area contributed by atoms with E-state index < -0.39 is 0 Å². The molecule has 0 spiro atoms. The maximum Gasteiger partial charge on any atom is 0.224 e. The van der Waals surface area contributed by atoms with Crippen LogP contribution in [0.2, 0.25) is 0 Å². The molecule has 6 heteroatoms. The van der Waals surface area contributed by atoms with Gasteiger partial charge in [-0.15, -0.1) is 0 Å². The normalized spacial score (nSPS) is 21.8. The molecule has 1 amide bonds. The Bertz CT molecular complexity index is 418. The molecule has 2 N–H and O–H groups in total. The van der Waals surface area contributed by atoms with E-state index in [1.807, 2.05) is 18.7 Å². The highest BCUT2D eigenvalue weighted by Gasteiger charge is 2.34. The van der Waals surface area contributed by atoms with E-state index in [4.69, 9.17) is 4.99 Å². The van der Waals surface area contributed by atoms with Crippen LogP contribution in [0, 0.1) is 5.92 Å². The van der Waals surface area contributed by atoms with Crippen LogP contribution in [0.15, 0.2) is 4.99 Å². The monoisotopic (exact) mass is 337 g/mol. The van der Waals surface area contributed by atoms with E-state index in [0.717, 1.165) is 38.2 Å². The van der Waals surface area contributed by atoms with Gasteiger partial charge in [0.2, 0.25) is 5.91 Å². The van der Waals surface area contributed by atoms with Gasteiger partial charge in [0.25, 0.3) is 0 Å². The molecular weight excluding hydrogens is 302 g/mol. The lowest BCUT2D eigenvalue weighted by Gasteiger charge is -2.19. The summed E-state index contributed by atoms with van der Waals surface area (Å²) in [5.41, 5.74) is 0. The molecule has 0 bridgehead atoms. The van der Waals surface area contributed by atoms with Crippen LogP contribution in [0.3, 0.4) is 0 Å². The van der Waals surface area contributed by atoms with E-state index in [0.29, 0.717) is 18.9 Å². The van der Waals surface area contributed by atoms with Crippen molar-refractivity contribution in [3.8, 4) is 0 Å². The minimum atomic E-state index is 0.208. The molecule has 1 saturated heterocycles.